The molecule has 0 N–H and O–H groups in total. The molecule has 2 aromatic rings. The lowest BCUT2D eigenvalue weighted by Gasteiger charge is -2.02. The van der Waals surface area contributed by atoms with Gasteiger partial charge in [0.05, 0.1) is 0 Å². The van der Waals surface area contributed by atoms with Crippen LogP contribution in [0.3, 0.4) is 0 Å². The second kappa shape index (κ2) is 4.49. The summed E-state index contributed by atoms with van der Waals surface area (Å²) in [5, 5.41) is 0. The first-order chi connectivity index (χ1) is 7.70. The highest BCUT2D eigenvalue weighted by Gasteiger charge is 2.11. The molecule has 5 heteroatoms. The minimum Gasteiger partial charge on any atom is -0.422 e. The molecule has 0 aliphatic carbocycles. The Morgan fingerprint density at radius 3 is 3.00 bits per heavy atom. The zero-order valence-corrected chi connectivity index (χ0v) is 9.50. The van der Waals surface area contributed by atoms with Gasteiger partial charge in [0.25, 0.3) is 0 Å². The molecule has 1 aromatic carbocycles. The van der Waals surface area contributed by atoms with Crippen molar-refractivity contribution in [2.24, 2.45) is 0 Å². The summed E-state index contributed by atoms with van der Waals surface area (Å²) in [6, 6.07) is 5.06. The number of hydrogen-bond donors (Lipinski definition) is 0. The fourth-order valence-electron chi connectivity index (χ4n) is 1.33. The van der Waals surface area contributed by atoms with Gasteiger partial charge in [-0.15, -0.1) is 0 Å². The van der Waals surface area contributed by atoms with Gasteiger partial charge in [-0.1, -0.05) is 13.0 Å². The van der Waals surface area contributed by atoms with E-state index in [9.17, 15) is 4.79 Å². The summed E-state index contributed by atoms with van der Waals surface area (Å²) >= 11 is 4.76. The van der Waals surface area contributed by atoms with Crippen LogP contribution in [0, 0.1) is 4.90 Å². The maximum absolute atomic E-state index is 11.3. The predicted octanol–water partition coefficient (Wildman–Crippen LogP) is 3.46. The molecule has 0 bridgehead atoms. The van der Waals surface area contributed by atoms with E-state index in [1.54, 1.807) is 18.2 Å². The van der Waals surface area contributed by atoms with E-state index in [0.717, 1.165) is 6.42 Å². The number of esters is 1. The lowest BCUT2D eigenvalue weighted by atomic mass is 10.3. The van der Waals surface area contributed by atoms with E-state index < -0.39 is 0 Å². The molecule has 0 aliphatic rings. The van der Waals surface area contributed by atoms with E-state index >= 15 is 0 Å². The van der Waals surface area contributed by atoms with Gasteiger partial charge in [0.2, 0.25) is 5.58 Å². The first-order valence-corrected chi connectivity index (χ1v) is 5.35. The molecule has 0 spiro atoms. The Bertz CT molecular complexity index is 567. The van der Waals surface area contributed by atoms with E-state index in [0.29, 0.717) is 23.3 Å². The van der Waals surface area contributed by atoms with Crippen LogP contribution in [-0.4, -0.2) is 5.97 Å². The third-order valence-corrected chi connectivity index (χ3v) is 2.17. The Morgan fingerprint density at radius 1 is 1.44 bits per heavy atom. The van der Waals surface area contributed by atoms with Gasteiger partial charge in [-0.2, -0.15) is 0 Å². The first kappa shape index (κ1) is 10.9. The minimum absolute atomic E-state index is 0.0222. The molecule has 0 saturated carbocycles. The number of benzene rings is 1. The van der Waals surface area contributed by atoms with E-state index in [1.807, 2.05) is 6.92 Å². The highest BCUT2D eigenvalue weighted by molar-refractivity contribution is 7.71. The normalized spacial score (nSPS) is 10.6. The van der Waals surface area contributed by atoms with E-state index in [1.165, 1.54) is 0 Å². The van der Waals surface area contributed by atoms with Gasteiger partial charge in [0, 0.05) is 18.6 Å². The van der Waals surface area contributed by atoms with Gasteiger partial charge in [0.15, 0.2) is 11.3 Å². The van der Waals surface area contributed by atoms with Crippen molar-refractivity contribution < 1.29 is 18.4 Å². The Kier molecular flexibility index (Phi) is 3.05. The smallest absolute Gasteiger partial charge is 0.363 e. The van der Waals surface area contributed by atoms with Crippen LogP contribution in [0.5, 0.6) is 5.75 Å². The fraction of sp³-hybridized carbons (Fsp3) is 0.273. The third kappa shape index (κ3) is 2.14. The number of hydrogen-bond acceptors (Lipinski definition) is 5. The third-order valence-electron chi connectivity index (χ3n) is 2.00. The van der Waals surface area contributed by atoms with E-state index in [4.69, 9.17) is 25.8 Å². The molecule has 0 fully saturated rings. The number of carbonyl (C=O) groups excluding carboxylic acids is 1. The predicted molar refractivity (Wildman–Crippen MR) is 59.9 cm³/mol. The number of para-hydroxylation sites is 1. The van der Waals surface area contributed by atoms with Crippen molar-refractivity contribution in [2.45, 2.75) is 19.8 Å². The number of ether oxygens (including phenoxy) is 1. The van der Waals surface area contributed by atoms with Crippen LogP contribution >= 0.6 is 12.2 Å². The SMILES string of the molecule is CCCC(=O)Oc1cccc2oc(=S)oc12. The summed E-state index contributed by atoms with van der Waals surface area (Å²) in [6.45, 7) is 1.91. The summed E-state index contributed by atoms with van der Waals surface area (Å²) in [6.07, 6.45) is 1.11. The van der Waals surface area contributed by atoms with Crippen molar-refractivity contribution in [1.29, 1.82) is 0 Å². The monoisotopic (exact) mass is 238 g/mol. The standard InChI is InChI=1S/C11H10O4S/c1-2-4-9(12)13-7-5-3-6-8-10(7)15-11(16)14-8/h3,5-6H,2,4H2,1H3. The van der Waals surface area contributed by atoms with Crippen molar-refractivity contribution in [3.8, 4) is 5.75 Å². The summed E-state index contributed by atoms with van der Waals surface area (Å²) in [5.41, 5.74) is 0.851. The molecule has 0 atom stereocenters. The molecule has 0 radical (unpaired) electrons. The van der Waals surface area contributed by atoms with Gasteiger partial charge in [-0.05, 0) is 18.6 Å². The first-order valence-electron chi connectivity index (χ1n) is 4.94. The van der Waals surface area contributed by atoms with E-state index in [2.05, 4.69) is 0 Å². The Hall–Kier alpha value is -1.62. The Morgan fingerprint density at radius 2 is 2.25 bits per heavy atom. The summed E-state index contributed by atoms with van der Waals surface area (Å²) < 4.78 is 15.4. The van der Waals surface area contributed by atoms with Crippen molar-refractivity contribution in [3.63, 3.8) is 0 Å². The highest BCUT2D eigenvalue weighted by Crippen LogP contribution is 2.27. The summed E-state index contributed by atoms with van der Waals surface area (Å²) in [7, 11) is 0. The zero-order chi connectivity index (χ0) is 11.5. The molecule has 1 heterocycles. The quantitative estimate of drug-likeness (QED) is 0.465. The van der Waals surface area contributed by atoms with E-state index in [-0.39, 0.29) is 10.9 Å². The van der Waals surface area contributed by atoms with Crippen molar-refractivity contribution in [2.75, 3.05) is 0 Å². The van der Waals surface area contributed by atoms with Crippen LogP contribution in [-0.2, 0) is 4.79 Å². The fourth-order valence-corrected chi connectivity index (χ4v) is 1.50. The molecule has 0 unspecified atom stereocenters. The van der Waals surface area contributed by atoms with Crippen LogP contribution in [0.15, 0.2) is 27.0 Å². The number of fused-ring (bicyclic) bond motifs is 1. The van der Waals surface area contributed by atoms with Crippen LogP contribution < -0.4 is 4.74 Å². The van der Waals surface area contributed by atoms with Crippen molar-refractivity contribution in [1.82, 2.24) is 0 Å². The van der Waals surface area contributed by atoms with Gasteiger partial charge in [-0.3, -0.25) is 4.79 Å². The second-order valence-corrected chi connectivity index (χ2v) is 3.59. The lowest BCUT2D eigenvalue weighted by molar-refractivity contribution is -0.134. The Labute approximate surface area is 96.8 Å². The molecular weight excluding hydrogens is 228 g/mol. The molecular formula is C11H10O4S. The Balaban J connectivity index is 2.36. The maximum Gasteiger partial charge on any atom is 0.363 e. The van der Waals surface area contributed by atoms with Crippen LogP contribution in [0.4, 0.5) is 0 Å². The van der Waals surface area contributed by atoms with Crippen LogP contribution in [0.1, 0.15) is 19.8 Å². The van der Waals surface area contributed by atoms with Gasteiger partial charge >= 0.3 is 10.9 Å². The molecule has 4 nitrogen and oxygen atoms in total. The van der Waals surface area contributed by atoms with Crippen LogP contribution in [0.25, 0.3) is 11.2 Å². The highest BCUT2D eigenvalue weighted by atomic mass is 32.1. The van der Waals surface area contributed by atoms with Gasteiger partial charge in [-0.25, -0.2) is 0 Å². The van der Waals surface area contributed by atoms with Crippen molar-refractivity contribution >= 4 is 29.4 Å². The van der Waals surface area contributed by atoms with Crippen molar-refractivity contribution in [3.05, 3.63) is 23.1 Å². The average Bonchev–Trinajstić information content (AvgIpc) is 2.60. The molecule has 16 heavy (non-hydrogen) atoms. The van der Waals surface area contributed by atoms with Crippen LogP contribution in [0.2, 0.25) is 0 Å². The molecule has 0 aliphatic heterocycles. The molecule has 0 amide bonds. The summed E-state index contributed by atoms with van der Waals surface area (Å²) in [4.78, 5) is 11.4. The molecule has 0 saturated heterocycles. The lowest BCUT2D eigenvalue weighted by Crippen LogP contribution is -2.06. The second-order valence-electron chi connectivity index (χ2n) is 3.26. The van der Waals surface area contributed by atoms with Gasteiger partial charge < -0.3 is 13.6 Å². The minimum atomic E-state index is -0.294. The maximum atomic E-state index is 11.3. The molecule has 2 rings (SSSR count). The topological polar surface area (TPSA) is 52.6 Å². The zero-order valence-electron chi connectivity index (χ0n) is 8.69. The summed E-state index contributed by atoms with van der Waals surface area (Å²) in [5.74, 6) is 0.0492. The molecule has 84 valence electrons. The number of carbonyl (C=O) groups is 1. The number of rotatable bonds is 3. The van der Waals surface area contributed by atoms with Gasteiger partial charge in [0.1, 0.15) is 0 Å². The average molecular weight is 238 g/mol. The molecule has 1 aromatic heterocycles. The largest absolute Gasteiger partial charge is 0.422 e.